The van der Waals surface area contributed by atoms with Gasteiger partial charge in [-0.3, -0.25) is 0 Å². The summed E-state index contributed by atoms with van der Waals surface area (Å²) in [7, 11) is -4.45. The van der Waals surface area contributed by atoms with E-state index in [4.69, 9.17) is 5.14 Å². The number of nitrogens with two attached hydrogens (primary N) is 1. The molecule has 0 radical (unpaired) electrons. The molecule has 5 nitrogen and oxygen atoms in total. The average molecular weight is 395 g/mol. The van der Waals surface area contributed by atoms with Crippen LogP contribution in [0, 0.1) is 0 Å². The smallest absolute Gasteiger partial charge is 0.239 e. The van der Waals surface area contributed by atoms with Gasteiger partial charge in [-0.05, 0) is 41.3 Å². The van der Waals surface area contributed by atoms with Gasteiger partial charge in [0, 0.05) is 12.4 Å². The van der Waals surface area contributed by atoms with Crippen LogP contribution in [0.25, 0.3) is 16.8 Å². The van der Waals surface area contributed by atoms with Gasteiger partial charge in [0.05, 0.1) is 11.3 Å². The van der Waals surface area contributed by atoms with Gasteiger partial charge in [-0.25, -0.2) is 18.2 Å². The summed E-state index contributed by atoms with van der Waals surface area (Å²) in [4.78, 5) is -0.643. The van der Waals surface area contributed by atoms with Gasteiger partial charge < -0.3 is 0 Å². The van der Waals surface area contributed by atoms with Crippen LogP contribution in [0.5, 0.6) is 0 Å². The molecule has 3 rings (SSSR count). The Hall–Kier alpha value is -2.65. The molecule has 1 heterocycles. The van der Waals surface area contributed by atoms with Crippen molar-refractivity contribution in [2.45, 2.75) is 24.4 Å². The number of hydrogen-bond acceptors (Lipinski definition) is 3. The van der Waals surface area contributed by atoms with Crippen molar-refractivity contribution in [2.75, 3.05) is 0 Å². The lowest BCUT2D eigenvalue weighted by Crippen LogP contribution is -2.20. The lowest BCUT2D eigenvalue weighted by atomic mass is 9.99. The third-order valence-electron chi connectivity index (χ3n) is 4.12. The normalized spacial score (nSPS) is 12.3. The minimum absolute atomic E-state index is 0.102. The van der Waals surface area contributed by atoms with Gasteiger partial charge in [-0.15, -0.1) is 0 Å². The number of benzene rings is 2. The van der Waals surface area contributed by atoms with Crippen molar-refractivity contribution in [1.82, 2.24) is 9.78 Å². The van der Waals surface area contributed by atoms with Crippen LogP contribution in [0.3, 0.4) is 0 Å². The molecule has 0 aliphatic heterocycles. The first-order chi connectivity index (χ1) is 12.6. The Morgan fingerprint density at radius 1 is 1.11 bits per heavy atom. The minimum Gasteiger partial charge on any atom is -0.239 e. The molecule has 27 heavy (non-hydrogen) atoms. The fourth-order valence-corrected chi connectivity index (χ4v) is 3.54. The molecule has 0 fully saturated rings. The predicted molar refractivity (Wildman–Crippen MR) is 94.8 cm³/mol. The molecule has 0 aliphatic rings. The van der Waals surface area contributed by atoms with Crippen LogP contribution in [0.15, 0.2) is 59.8 Å². The van der Waals surface area contributed by atoms with Crippen molar-refractivity contribution in [1.29, 1.82) is 0 Å². The van der Waals surface area contributed by atoms with Gasteiger partial charge in [0.15, 0.2) is 0 Å². The van der Waals surface area contributed by atoms with Crippen LogP contribution in [-0.2, 0) is 22.6 Å². The summed E-state index contributed by atoms with van der Waals surface area (Å²) in [5.41, 5.74) is -0.189. The molecular weight excluding hydrogens is 379 g/mol. The van der Waals surface area contributed by atoms with Crippen LogP contribution in [0.4, 0.5) is 13.2 Å². The van der Waals surface area contributed by atoms with Crippen LogP contribution < -0.4 is 5.14 Å². The van der Waals surface area contributed by atoms with Gasteiger partial charge in [-0.2, -0.15) is 18.3 Å². The first kappa shape index (κ1) is 19.1. The number of aromatic nitrogens is 2. The molecule has 9 heteroatoms. The number of aryl methyl sites for hydroxylation is 1. The van der Waals surface area contributed by atoms with E-state index in [9.17, 15) is 21.6 Å². The van der Waals surface area contributed by atoms with Gasteiger partial charge >= 0.3 is 6.18 Å². The highest BCUT2D eigenvalue weighted by Gasteiger charge is 2.37. The van der Waals surface area contributed by atoms with E-state index in [0.717, 1.165) is 28.8 Å². The highest BCUT2D eigenvalue weighted by atomic mass is 32.2. The fraction of sp³-hybridized carbons (Fsp3) is 0.167. The lowest BCUT2D eigenvalue weighted by Gasteiger charge is -2.18. The van der Waals surface area contributed by atoms with Crippen molar-refractivity contribution in [2.24, 2.45) is 5.14 Å². The molecule has 0 unspecified atom stereocenters. The second kappa shape index (κ2) is 6.82. The summed E-state index contributed by atoms with van der Waals surface area (Å²) in [6.45, 7) is 1.95. The summed E-state index contributed by atoms with van der Waals surface area (Å²) >= 11 is 0. The van der Waals surface area contributed by atoms with Crippen molar-refractivity contribution in [3.05, 3.63) is 66.0 Å². The molecule has 0 bridgehead atoms. The Kier molecular flexibility index (Phi) is 4.83. The van der Waals surface area contributed by atoms with Crippen LogP contribution >= 0.6 is 0 Å². The lowest BCUT2D eigenvalue weighted by molar-refractivity contribution is -0.137. The second-order valence-corrected chi connectivity index (χ2v) is 7.44. The monoisotopic (exact) mass is 395 g/mol. The van der Waals surface area contributed by atoms with E-state index in [1.54, 1.807) is 24.3 Å². The largest absolute Gasteiger partial charge is 0.418 e. The highest BCUT2D eigenvalue weighted by molar-refractivity contribution is 7.89. The molecule has 2 N–H and O–H groups in total. The van der Waals surface area contributed by atoms with E-state index in [2.05, 4.69) is 5.10 Å². The standard InChI is InChI=1S/C18H16F3N3O2S/c1-2-12-4-6-13(7-5-12)14-10-15(18(19,20)21)17(24-9-3-8-23-24)16(11-14)27(22,25)26/h3-11H,2H2,1H3,(H2,22,25,26). The van der Waals surface area contributed by atoms with Gasteiger partial charge in [0.1, 0.15) is 4.90 Å². The summed E-state index contributed by atoms with van der Waals surface area (Å²) in [5.74, 6) is 0. The quantitative estimate of drug-likeness (QED) is 0.731. The molecule has 0 atom stereocenters. The highest BCUT2D eigenvalue weighted by Crippen LogP contribution is 2.39. The second-order valence-electron chi connectivity index (χ2n) is 5.91. The summed E-state index contributed by atoms with van der Waals surface area (Å²) in [6.07, 6.45) is -1.55. The SMILES string of the molecule is CCc1ccc(-c2cc(C(F)(F)F)c(-n3cccn3)c(S(N)(=O)=O)c2)cc1. The predicted octanol–water partition coefficient (Wildman–Crippen LogP) is 3.77. The number of rotatable bonds is 4. The Morgan fingerprint density at radius 3 is 2.26 bits per heavy atom. The van der Waals surface area contributed by atoms with E-state index in [1.807, 2.05) is 6.92 Å². The summed E-state index contributed by atoms with van der Waals surface area (Å²) < 4.78 is 66.3. The molecule has 1 aromatic heterocycles. The van der Waals surface area contributed by atoms with E-state index >= 15 is 0 Å². The van der Waals surface area contributed by atoms with Gasteiger partial charge in [-0.1, -0.05) is 31.2 Å². The maximum Gasteiger partial charge on any atom is 0.418 e. The molecule has 0 saturated carbocycles. The molecule has 0 aliphatic carbocycles. The van der Waals surface area contributed by atoms with Crippen LogP contribution in [0.1, 0.15) is 18.1 Å². The van der Waals surface area contributed by atoms with Crippen molar-refractivity contribution < 1.29 is 21.6 Å². The number of primary sulfonamides is 1. The molecule has 0 amide bonds. The van der Waals surface area contributed by atoms with Crippen molar-refractivity contribution >= 4 is 10.0 Å². The van der Waals surface area contributed by atoms with Crippen LogP contribution in [-0.4, -0.2) is 18.2 Å². The molecule has 0 spiro atoms. The first-order valence-electron chi connectivity index (χ1n) is 7.98. The maximum absolute atomic E-state index is 13.7. The van der Waals surface area contributed by atoms with Crippen LogP contribution in [0.2, 0.25) is 0 Å². The fourth-order valence-electron chi connectivity index (χ4n) is 2.78. The zero-order valence-electron chi connectivity index (χ0n) is 14.2. The van der Waals surface area contributed by atoms with Gasteiger partial charge in [0.25, 0.3) is 0 Å². The van der Waals surface area contributed by atoms with Gasteiger partial charge in [0.2, 0.25) is 10.0 Å². The topological polar surface area (TPSA) is 78.0 Å². The Balaban J connectivity index is 2.35. The number of nitrogens with zero attached hydrogens (tertiary/aromatic N) is 2. The number of hydrogen-bond donors (Lipinski definition) is 1. The van der Waals surface area contributed by atoms with E-state index in [1.165, 1.54) is 18.5 Å². The first-order valence-corrected chi connectivity index (χ1v) is 9.53. The van der Waals surface area contributed by atoms with E-state index in [0.29, 0.717) is 5.56 Å². The van der Waals surface area contributed by atoms with E-state index in [-0.39, 0.29) is 5.56 Å². The maximum atomic E-state index is 13.7. The third kappa shape index (κ3) is 3.88. The third-order valence-corrected chi connectivity index (χ3v) is 5.04. The number of alkyl halides is 3. The number of halogens is 3. The minimum atomic E-state index is -4.81. The average Bonchev–Trinajstić information content (AvgIpc) is 3.13. The summed E-state index contributed by atoms with van der Waals surface area (Å²) in [6, 6.07) is 10.3. The number of sulfonamides is 1. The van der Waals surface area contributed by atoms with E-state index < -0.39 is 32.3 Å². The molecular formula is C18H16F3N3O2S. The molecule has 142 valence electrons. The van der Waals surface area contributed by atoms with Crippen molar-refractivity contribution in [3.63, 3.8) is 0 Å². The Bertz CT molecular complexity index is 1060. The Labute approximate surface area is 154 Å². The zero-order valence-corrected chi connectivity index (χ0v) is 15.1. The Morgan fingerprint density at radius 2 is 1.78 bits per heavy atom. The molecule has 3 aromatic rings. The zero-order chi connectivity index (χ0) is 19.8. The molecule has 2 aromatic carbocycles. The van der Waals surface area contributed by atoms with Crippen molar-refractivity contribution in [3.8, 4) is 16.8 Å². The molecule has 0 saturated heterocycles. The summed E-state index contributed by atoms with van der Waals surface area (Å²) in [5, 5.41) is 8.99.